The monoisotopic (exact) mass is 200 g/mol. The highest BCUT2D eigenvalue weighted by Gasteiger charge is 2.10. The van der Waals surface area contributed by atoms with Crippen LogP contribution in [0.1, 0.15) is 10.4 Å². The summed E-state index contributed by atoms with van der Waals surface area (Å²) in [4.78, 5) is 10.3. The summed E-state index contributed by atoms with van der Waals surface area (Å²) in [7, 11) is 0. The van der Waals surface area contributed by atoms with Crippen LogP contribution in [-0.4, -0.2) is 19.8 Å². The SMILES string of the molecule is Nc1ccc(S(=O)[O-])c(C(=O)O)c1. The molecule has 0 radical (unpaired) electrons. The van der Waals surface area contributed by atoms with Crippen LogP contribution in [0.5, 0.6) is 0 Å². The summed E-state index contributed by atoms with van der Waals surface area (Å²) in [5.74, 6) is -1.31. The second kappa shape index (κ2) is 3.55. The Morgan fingerprint density at radius 1 is 1.54 bits per heavy atom. The van der Waals surface area contributed by atoms with Gasteiger partial charge in [0, 0.05) is 10.6 Å². The Balaban J connectivity index is 3.35. The average molecular weight is 200 g/mol. The summed E-state index contributed by atoms with van der Waals surface area (Å²) in [6.45, 7) is 0. The zero-order valence-corrected chi connectivity index (χ0v) is 7.21. The maximum Gasteiger partial charge on any atom is 0.336 e. The molecule has 0 aliphatic heterocycles. The van der Waals surface area contributed by atoms with Crippen LogP contribution < -0.4 is 5.73 Å². The largest absolute Gasteiger partial charge is 0.768 e. The summed E-state index contributed by atoms with van der Waals surface area (Å²) in [6, 6.07) is 3.59. The number of anilines is 1. The molecule has 0 heterocycles. The zero-order chi connectivity index (χ0) is 10.0. The van der Waals surface area contributed by atoms with Crippen LogP contribution in [0.15, 0.2) is 23.1 Å². The lowest BCUT2D eigenvalue weighted by Crippen LogP contribution is -2.04. The first kappa shape index (κ1) is 9.69. The van der Waals surface area contributed by atoms with Gasteiger partial charge in [-0.25, -0.2) is 4.79 Å². The van der Waals surface area contributed by atoms with Crippen LogP contribution in [-0.2, 0) is 11.1 Å². The number of carboxylic acid groups (broad SMARTS) is 1. The minimum Gasteiger partial charge on any atom is -0.768 e. The maximum atomic E-state index is 10.5. The fourth-order valence-corrected chi connectivity index (χ4v) is 1.37. The third-order valence-corrected chi connectivity index (χ3v) is 2.13. The standard InChI is InChI=1S/C7H7NO4S/c8-4-1-2-6(13(11)12)5(3-4)7(9)10/h1-3H,8H2,(H,9,10)(H,11,12)/p-1. The van der Waals surface area contributed by atoms with Gasteiger partial charge in [-0.3, -0.25) is 4.21 Å². The molecule has 13 heavy (non-hydrogen) atoms. The smallest absolute Gasteiger partial charge is 0.336 e. The van der Waals surface area contributed by atoms with Gasteiger partial charge in [-0.2, -0.15) is 0 Å². The Kier molecular flexibility index (Phi) is 2.64. The highest BCUT2D eigenvalue weighted by molar-refractivity contribution is 7.79. The first-order valence-electron chi connectivity index (χ1n) is 3.24. The van der Waals surface area contributed by atoms with Crippen LogP contribution in [0, 0.1) is 0 Å². The lowest BCUT2D eigenvalue weighted by Gasteiger charge is -2.08. The number of nitrogens with two attached hydrogens (primary N) is 1. The predicted molar refractivity (Wildman–Crippen MR) is 45.0 cm³/mol. The molecular formula is C7H6NO4S-. The van der Waals surface area contributed by atoms with Crippen molar-refractivity contribution < 1.29 is 18.7 Å². The Labute approximate surface area is 76.5 Å². The fraction of sp³-hybridized carbons (Fsp3) is 0. The molecule has 0 fully saturated rings. The van der Waals surface area contributed by atoms with Crippen molar-refractivity contribution in [1.82, 2.24) is 0 Å². The molecule has 0 saturated heterocycles. The van der Waals surface area contributed by atoms with E-state index in [4.69, 9.17) is 10.8 Å². The maximum absolute atomic E-state index is 10.5. The summed E-state index contributed by atoms with van der Waals surface area (Å²) in [5, 5.41) is 8.61. The van der Waals surface area contributed by atoms with Crippen LogP contribution >= 0.6 is 0 Å². The number of rotatable bonds is 2. The van der Waals surface area contributed by atoms with Crippen molar-refractivity contribution >= 4 is 22.7 Å². The molecule has 0 aliphatic rings. The molecule has 0 aliphatic carbocycles. The van der Waals surface area contributed by atoms with E-state index < -0.39 is 17.0 Å². The van der Waals surface area contributed by atoms with Gasteiger partial charge >= 0.3 is 5.97 Å². The average Bonchev–Trinajstić information content (AvgIpc) is 2.03. The molecule has 1 atom stereocenters. The number of hydrogen-bond acceptors (Lipinski definition) is 4. The van der Waals surface area contributed by atoms with Crippen molar-refractivity contribution in [3.8, 4) is 0 Å². The van der Waals surface area contributed by atoms with Gasteiger partial charge in [0.05, 0.1) is 5.56 Å². The normalized spacial score (nSPS) is 12.4. The molecular weight excluding hydrogens is 194 g/mol. The number of nitrogen functional groups attached to an aromatic ring is 1. The van der Waals surface area contributed by atoms with E-state index in [2.05, 4.69) is 0 Å². The number of carbonyl (C=O) groups is 1. The molecule has 0 aromatic heterocycles. The molecule has 1 aromatic carbocycles. The van der Waals surface area contributed by atoms with E-state index in [0.29, 0.717) is 0 Å². The van der Waals surface area contributed by atoms with E-state index in [1.54, 1.807) is 0 Å². The summed E-state index contributed by atoms with van der Waals surface area (Å²) >= 11 is -2.56. The van der Waals surface area contributed by atoms with E-state index in [-0.39, 0.29) is 16.1 Å². The second-order valence-electron chi connectivity index (χ2n) is 2.30. The van der Waals surface area contributed by atoms with Gasteiger partial charge < -0.3 is 15.4 Å². The molecule has 0 bridgehead atoms. The lowest BCUT2D eigenvalue weighted by molar-refractivity contribution is 0.0692. The van der Waals surface area contributed by atoms with Crippen LogP contribution in [0.3, 0.4) is 0 Å². The quantitative estimate of drug-likeness (QED) is 0.524. The van der Waals surface area contributed by atoms with Crippen molar-refractivity contribution in [2.24, 2.45) is 0 Å². The summed E-state index contributed by atoms with van der Waals surface area (Å²) in [6.07, 6.45) is 0. The number of hydrogen-bond donors (Lipinski definition) is 2. The van der Waals surface area contributed by atoms with Gasteiger partial charge in [-0.1, -0.05) is 0 Å². The second-order valence-corrected chi connectivity index (χ2v) is 3.20. The van der Waals surface area contributed by atoms with E-state index in [1.165, 1.54) is 6.07 Å². The third kappa shape index (κ3) is 2.04. The van der Waals surface area contributed by atoms with Gasteiger partial charge in [0.2, 0.25) is 0 Å². The van der Waals surface area contributed by atoms with E-state index >= 15 is 0 Å². The van der Waals surface area contributed by atoms with Crippen molar-refractivity contribution in [3.05, 3.63) is 23.8 Å². The van der Waals surface area contributed by atoms with Crippen molar-refractivity contribution in [2.45, 2.75) is 4.90 Å². The van der Waals surface area contributed by atoms with Crippen LogP contribution in [0.4, 0.5) is 5.69 Å². The Morgan fingerprint density at radius 3 is 2.62 bits per heavy atom. The highest BCUT2D eigenvalue weighted by Crippen LogP contribution is 2.16. The molecule has 1 unspecified atom stereocenters. The number of aromatic carboxylic acids is 1. The Bertz CT molecular complexity index is 377. The van der Waals surface area contributed by atoms with E-state index in [1.807, 2.05) is 0 Å². The van der Waals surface area contributed by atoms with Crippen LogP contribution in [0.2, 0.25) is 0 Å². The van der Waals surface area contributed by atoms with Gasteiger partial charge in [0.25, 0.3) is 0 Å². The van der Waals surface area contributed by atoms with Gasteiger partial charge in [-0.05, 0) is 29.3 Å². The predicted octanol–water partition coefficient (Wildman–Crippen LogP) is 0.205. The molecule has 0 spiro atoms. The highest BCUT2D eigenvalue weighted by atomic mass is 32.2. The summed E-state index contributed by atoms with van der Waals surface area (Å²) < 4.78 is 21.1. The molecule has 0 saturated carbocycles. The molecule has 70 valence electrons. The minimum atomic E-state index is -2.56. The van der Waals surface area contributed by atoms with E-state index in [9.17, 15) is 13.6 Å². The molecule has 5 nitrogen and oxygen atoms in total. The van der Waals surface area contributed by atoms with Crippen molar-refractivity contribution in [1.29, 1.82) is 0 Å². The van der Waals surface area contributed by atoms with Crippen molar-refractivity contribution in [2.75, 3.05) is 5.73 Å². The molecule has 1 rings (SSSR count). The van der Waals surface area contributed by atoms with Gasteiger partial charge in [0.15, 0.2) is 0 Å². The molecule has 3 N–H and O–H groups in total. The fourth-order valence-electron chi connectivity index (χ4n) is 0.860. The first-order valence-corrected chi connectivity index (χ1v) is 4.32. The minimum absolute atomic E-state index is 0.214. The number of carboxylic acids is 1. The Hall–Kier alpha value is -1.40. The first-order chi connectivity index (χ1) is 6.02. The Morgan fingerprint density at radius 2 is 2.15 bits per heavy atom. The van der Waals surface area contributed by atoms with Gasteiger partial charge in [-0.15, -0.1) is 0 Å². The molecule has 6 heteroatoms. The summed E-state index contributed by atoms with van der Waals surface area (Å²) in [5.41, 5.74) is 5.20. The van der Waals surface area contributed by atoms with Crippen LogP contribution in [0.25, 0.3) is 0 Å². The lowest BCUT2D eigenvalue weighted by atomic mass is 10.2. The topological polar surface area (TPSA) is 103 Å². The third-order valence-electron chi connectivity index (χ3n) is 1.41. The van der Waals surface area contributed by atoms with Gasteiger partial charge in [0.1, 0.15) is 0 Å². The van der Waals surface area contributed by atoms with Crippen molar-refractivity contribution in [3.63, 3.8) is 0 Å². The van der Waals surface area contributed by atoms with E-state index in [0.717, 1.165) is 12.1 Å². The zero-order valence-electron chi connectivity index (χ0n) is 6.39. The molecule has 0 amide bonds. The molecule has 1 aromatic rings. The number of benzene rings is 1.